The normalized spacial score (nSPS) is 18.2. The number of piperazine rings is 1. The zero-order valence-corrected chi connectivity index (χ0v) is 16.2. The second-order valence-corrected chi connectivity index (χ2v) is 7.24. The van der Waals surface area contributed by atoms with Gasteiger partial charge in [0.15, 0.2) is 0 Å². The molecule has 0 bridgehead atoms. The third-order valence-corrected chi connectivity index (χ3v) is 4.97. The molecule has 1 fully saturated rings. The number of benzene rings is 2. The average molecular weight is 420 g/mol. The third kappa shape index (κ3) is 5.80. The van der Waals surface area contributed by atoms with Crippen LogP contribution in [0.15, 0.2) is 54.6 Å². The predicted molar refractivity (Wildman–Crippen MR) is 106 cm³/mol. The van der Waals surface area contributed by atoms with E-state index in [1.54, 1.807) is 4.90 Å². The maximum Gasteiger partial charge on any atom is 0.416 e. The van der Waals surface area contributed by atoms with Crippen molar-refractivity contribution in [3.63, 3.8) is 0 Å². The van der Waals surface area contributed by atoms with Crippen LogP contribution in [-0.2, 0) is 22.3 Å². The molecule has 0 saturated carbocycles. The Bertz CT molecular complexity index is 889. The molecular weight excluding hydrogens is 397 g/mol. The fourth-order valence-corrected chi connectivity index (χ4v) is 3.48. The Morgan fingerprint density at radius 3 is 2.47 bits per heavy atom. The van der Waals surface area contributed by atoms with Gasteiger partial charge in [0.05, 0.1) is 12.1 Å². The molecule has 1 saturated heterocycles. The molecule has 1 aliphatic heterocycles. The molecular formula is C21H23F3N4O2. The van der Waals surface area contributed by atoms with Gasteiger partial charge in [0.1, 0.15) is 6.04 Å². The molecule has 0 aromatic heterocycles. The van der Waals surface area contributed by atoms with Gasteiger partial charge >= 0.3 is 6.18 Å². The van der Waals surface area contributed by atoms with Gasteiger partial charge in [-0.15, -0.1) is 0 Å². The molecule has 2 aromatic carbocycles. The molecule has 0 unspecified atom stereocenters. The first kappa shape index (κ1) is 21.8. The quantitative estimate of drug-likeness (QED) is 0.752. The number of carbonyl (C=O) groups is 2. The number of halogens is 3. The molecule has 0 aliphatic carbocycles. The van der Waals surface area contributed by atoms with Gasteiger partial charge in [-0.3, -0.25) is 19.4 Å². The molecule has 6 nitrogen and oxygen atoms in total. The van der Waals surface area contributed by atoms with Crippen molar-refractivity contribution in [2.45, 2.75) is 18.8 Å². The summed E-state index contributed by atoms with van der Waals surface area (Å²) in [4.78, 5) is 28.1. The zero-order chi connectivity index (χ0) is 21.7. The number of rotatable bonds is 6. The SMILES string of the molecule is NC(=O)[C@@H]1CN(Cc2ccccc2)CCN1CC(=O)Nc1cccc(C(F)(F)F)c1. The molecule has 1 aliphatic rings. The van der Waals surface area contributed by atoms with Crippen molar-refractivity contribution in [2.24, 2.45) is 5.73 Å². The summed E-state index contributed by atoms with van der Waals surface area (Å²) < 4.78 is 38.5. The molecule has 0 spiro atoms. The van der Waals surface area contributed by atoms with E-state index in [1.807, 2.05) is 30.3 Å². The monoisotopic (exact) mass is 420 g/mol. The second-order valence-electron chi connectivity index (χ2n) is 7.24. The number of hydrogen-bond donors (Lipinski definition) is 2. The number of amides is 2. The lowest BCUT2D eigenvalue weighted by Crippen LogP contribution is -2.59. The minimum atomic E-state index is -4.49. The second kappa shape index (κ2) is 9.27. The highest BCUT2D eigenvalue weighted by molar-refractivity contribution is 5.93. The van der Waals surface area contributed by atoms with Crippen molar-refractivity contribution in [1.29, 1.82) is 0 Å². The maximum atomic E-state index is 12.8. The number of nitrogens with one attached hydrogen (secondary N) is 1. The lowest BCUT2D eigenvalue weighted by molar-refractivity contribution is -0.137. The maximum absolute atomic E-state index is 12.8. The van der Waals surface area contributed by atoms with E-state index in [9.17, 15) is 22.8 Å². The Morgan fingerprint density at radius 2 is 1.80 bits per heavy atom. The van der Waals surface area contributed by atoms with Crippen molar-refractivity contribution in [3.8, 4) is 0 Å². The Labute approximate surface area is 172 Å². The van der Waals surface area contributed by atoms with E-state index in [1.165, 1.54) is 12.1 Å². The summed E-state index contributed by atoms with van der Waals surface area (Å²) in [6.07, 6.45) is -4.49. The van der Waals surface area contributed by atoms with Crippen LogP contribution in [0, 0.1) is 0 Å². The summed E-state index contributed by atoms with van der Waals surface area (Å²) in [7, 11) is 0. The molecule has 3 N–H and O–H groups in total. The number of anilines is 1. The number of hydrogen-bond acceptors (Lipinski definition) is 4. The summed E-state index contributed by atoms with van der Waals surface area (Å²) in [5.74, 6) is -1.04. The largest absolute Gasteiger partial charge is 0.416 e. The highest BCUT2D eigenvalue weighted by Gasteiger charge is 2.33. The van der Waals surface area contributed by atoms with Gasteiger partial charge < -0.3 is 11.1 Å². The fourth-order valence-electron chi connectivity index (χ4n) is 3.48. The minimum absolute atomic E-state index is 0.0492. The smallest absolute Gasteiger partial charge is 0.368 e. The lowest BCUT2D eigenvalue weighted by atomic mass is 10.1. The minimum Gasteiger partial charge on any atom is -0.368 e. The van der Waals surface area contributed by atoms with Crippen molar-refractivity contribution in [3.05, 3.63) is 65.7 Å². The molecule has 2 amide bonds. The van der Waals surface area contributed by atoms with Crippen LogP contribution in [0.25, 0.3) is 0 Å². The van der Waals surface area contributed by atoms with Crippen molar-refractivity contribution < 1.29 is 22.8 Å². The Balaban J connectivity index is 1.60. The standard InChI is InChI=1S/C21H23F3N4O2/c22-21(23,24)16-7-4-8-17(11-16)26-19(29)14-28-10-9-27(13-18(28)20(25)30)12-15-5-2-1-3-6-15/h1-8,11,18H,9-10,12-14H2,(H2,25,30)(H,26,29)/t18-/m0/s1. The van der Waals surface area contributed by atoms with Gasteiger partial charge in [0, 0.05) is 31.9 Å². The Hall–Kier alpha value is -2.91. The van der Waals surface area contributed by atoms with Crippen LogP contribution in [-0.4, -0.2) is 53.8 Å². The number of nitrogens with zero attached hydrogens (tertiary/aromatic N) is 2. The van der Waals surface area contributed by atoms with E-state index in [0.717, 1.165) is 17.7 Å². The first-order chi connectivity index (χ1) is 14.2. The van der Waals surface area contributed by atoms with Gasteiger partial charge in [0.25, 0.3) is 0 Å². The molecule has 9 heteroatoms. The van der Waals surface area contributed by atoms with E-state index >= 15 is 0 Å². The van der Waals surface area contributed by atoms with Crippen molar-refractivity contribution in [2.75, 3.05) is 31.5 Å². The van der Waals surface area contributed by atoms with Crippen LogP contribution < -0.4 is 11.1 Å². The van der Waals surface area contributed by atoms with Crippen LogP contribution in [0.4, 0.5) is 18.9 Å². The van der Waals surface area contributed by atoms with Gasteiger partial charge in [-0.05, 0) is 23.8 Å². The first-order valence-corrected chi connectivity index (χ1v) is 9.49. The number of primary amides is 1. The summed E-state index contributed by atoms with van der Waals surface area (Å²) >= 11 is 0. The zero-order valence-electron chi connectivity index (χ0n) is 16.2. The van der Waals surface area contributed by atoms with Crippen LogP contribution >= 0.6 is 0 Å². The number of alkyl halides is 3. The highest BCUT2D eigenvalue weighted by atomic mass is 19.4. The molecule has 30 heavy (non-hydrogen) atoms. The first-order valence-electron chi connectivity index (χ1n) is 9.49. The topological polar surface area (TPSA) is 78.7 Å². The Kier molecular flexibility index (Phi) is 6.73. The van der Waals surface area contributed by atoms with Gasteiger partial charge in [0.2, 0.25) is 11.8 Å². The number of carbonyl (C=O) groups excluding carboxylic acids is 2. The van der Waals surface area contributed by atoms with Crippen LogP contribution in [0.1, 0.15) is 11.1 Å². The lowest BCUT2D eigenvalue weighted by Gasteiger charge is -2.39. The molecule has 2 aromatic rings. The van der Waals surface area contributed by atoms with E-state index in [4.69, 9.17) is 5.73 Å². The van der Waals surface area contributed by atoms with E-state index in [-0.39, 0.29) is 12.2 Å². The van der Waals surface area contributed by atoms with E-state index in [2.05, 4.69) is 10.2 Å². The predicted octanol–water partition coefficient (Wildman–Crippen LogP) is 2.32. The Morgan fingerprint density at radius 1 is 1.07 bits per heavy atom. The molecule has 1 heterocycles. The molecule has 160 valence electrons. The van der Waals surface area contributed by atoms with Gasteiger partial charge in [-0.2, -0.15) is 13.2 Å². The number of nitrogens with two attached hydrogens (primary N) is 1. The molecule has 3 rings (SSSR count). The van der Waals surface area contributed by atoms with Crippen LogP contribution in [0.5, 0.6) is 0 Å². The van der Waals surface area contributed by atoms with Crippen molar-refractivity contribution in [1.82, 2.24) is 9.80 Å². The fraction of sp³-hybridized carbons (Fsp3) is 0.333. The van der Waals surface area contributed by atoms with Crippen molar-refractivity contribution >= 4 is 17.5 Å². The third-order valence-electron chi connectivity index (χ3n) is 4.97. The summed E-state index contributed by atoms with van der Waals surface area (Å²) in [6.45, 7) is 1.98. The molecule has 1 atom stereocenters. The average Bonchev–Trinajstić information content (AvgIpc) is 2.69. The van der Waals surface area contributed by atoms with Crippen LogP contribution in [0.3, 0.4) is 0 Å². The molecule has 0 radical (unpaired) electrons. The van der Waals surface area contributed by atoms with E-state index in [0.29, 0.717) is 26.2 Å². The van der Waals surface area contributed by atoms with Gasteiger partial charge in [-0.1, -0.05) is 36.4 Å². The van der Waals surface area contributed by atoms with E-state index < -0.39 is 29.6 Å². The van der Waals surface area contributed by atoms with Gasteiger partial charge in [-0.25, -0.2) is 0 Å². The summed E-state index contributed by atoms with van der Waals surface area (Å²) in [6, 6.07) is 13.6. The summed E-state index contributed by atoms with van der Waals surface area (Å²) in [5, 5.41) is 2.47. The summed E-state index contributed by atoms with van der Waals surface area (Å²) in [5.41, 5.74) is 5.86. The highest BCUT2D eigenvalue weighted by Crippen LogP contribution is 2.30. The van der Waals surface area contributed by atoms with Crippen LogP contribution in [0.2, 0.25) is 0 Å².